The minimum Gasteiger partial charge on any atom is -0.394 e. The van der Waals surface area contributed by atoms with Crippen molar-refractivity contribution in [2.24, 2.45) is 0 Å². The first kappa shape index (κ1) is 14.1. The third kappa shape index (κ3) is 3.28. The van der Waals surface area contributed by atoms with Crippen LogP contribution in [0.5, 0.6) is 0 Å². The molecular formula is C11H18BrNO2S. The molecule has 0 aliphatic rings. The summed E-state index contributed by atoms with van der Waals surface area (Å²) < 4.78 is 1.07. The number of aliphatic hydroxyl groups excluding tert-OH is 2. The number of rotatable bonds is 6. The third-order valence-corrected chi connectivity index (χ3v) is 4.70. The number of hydrogen-bond donors (Lipinski definition) is 3. The van der Waals surface area contributed by atoms with Gasteiger partial charge in [0, 0.05) is 20.8 Å². The second-order valence-corrected chi connectivity index (χ2v) is 5.84. The Balaban J connectivity index is 2.72. The Bertz CT molecular complexity index is 317. The van der Waals surface area contributed by atoms with E-state index in [9.17, 15) is 10.2 Å². The maximum Gasteiger partial charge on any atom is 0.0650 e. The van der Waals surface area contributed by atoms with Gasteiger partial charge in [-0.2, -0.15) is 0 Å². The van der Waals surface area contributed by atoms with Gasteiger partial charge in [0.25, 0.3) is 0 Å². The zero-order valence-electron chi connectivity index (χ0n) is 9.53. The summed E-state index contributed by atoms with van der Waals surface area (Å²) in [7, 11) is 0. The van der Waals surface area contributed by atoms with Crippen molar-refractivity contribution in [1.82, 2.24) is 5.32 Å². The van der Waals surface area contributed by atoms with E-state index in [1.165, 1.54) is 4.88 Å². The summed E-state index contributed by atoms with van der Waals surface area (Å²) in [6.07, 6.45) is 0.691. The molecule has 1 heterocycles. The van der Waals surface area contributed by atoms with Crippen LogP contribution >= 0.6 is 27.3 Å². The first-order valence-corrected chi connectivity index (χ1v) is 6.97. The fourth-order valence-corrected chi connectivity index (χ4v) is 3.01. The van der Waals surface area contributed by atoms with Gasteiger partial charge in [0.05, 0.1) is 18.8 Å². The van der Waals surface area contributed by atoms with Crippen molar-refractivity contribution >= 4 is 27.3 Å². The molecule has 1 unspecified atom stereocenters. The van der Waals surface area contributed by atoms with Crippen molar-refractivity contribution in [3.05, 3.63) is 20.8 Å². The second kappa shape index (κ2) is 6.12. The van der Waals surface area contributed by atoms with Gasteiger partial charge in [-0.05, 0) is 35.3 Å². The van der Waals surface area contributed by atoms with Crippen LogP contribution in [0.15, 0.2) is 15.9 Å². The first-order valence-electron chi connectivity index (χ1n) is 5.30. The van der Waals surface area contributed by atoms with E-state index < -0.39 is 5.54 Å². The topological polar surface area (TPSA) is 52.5 Å². The molecule has 0 saturated heterocycles. The molecule has 0 radical (unpaired) electrons. The molecule has 1 aromatic rings. The summed E-state index contributed by atoms with van der Waals surface area (Å²) in [5.41, 5.74) is -0.587. The number of hydrogen-bond acceptors (Lipinski definition) is 4. The van der Waals surface area contributed by atoms with E-state index in [2.05, 4.69) is 27.3 Å². The van der Waals surface area contributed by atoms with Gasteiger partial charge in [-0.15, -0.1) is 11.3 Å². The van der Waals surface area contributed by atoms with Crippen molar-refractivity contribution in [3.8, 4) is 0 Å². The molecule has 0 aromatic carbocycles. The van der Waals surface area contributed by atoms with Crippen molar-refractivity contribution in [1.29, 1.82) is 0 Å². The van der Waals surface area contributed by atoms with E-state index in [0.717, 1.165) is 4.47 Å². The molecule has 1 aromatic heterocycles. The molecule has 3 nitrogen and oxygen atoms in total. The zero-order chi connectivity index (χ0) is 12.2. The Kier molecular flexibility index (Phi) is 5.40. The fraction of sp³-hybridized carbons (Fsp3) is 0.636. The van der Waals surface area contributed by atoms with Gasteiger partial charge >= 0.3 is 0 Å². The molecule has 0 fully saturated rings. The Morgan fingerprint density at radius 2 is 2.12 bits per heavy atom. The third-order valence-electron chi connectivity index (χ3n) is 2.82. The lowest BCUT2D eigenvalue weighted by atomic mass is 9.97. The Morgan fingerprint density at radius 1 is 1.50 bits per heavy atom. The summed E-state index contributed by atoms with van der Waals surface area (Å²) in [6, 6.07) is 2.17. The van der Waals surface area contributed by atoms with Crippen LogP contribution in [0, 0.1) is 0 Å². The molecule has 1 rings (SSSR count). The van der Waals surface area contributed by atoms with Gasteiger partial charge in [-0.1, -0.05) is 6.92 Å². The van der Waals surface area contributed by atoms with E-state index in [0.29, 0.717) is 6.42 Å². The van der Waals surface area contributed by atoms with Crippen LogP contribution in [0.2, 0.25) is 0 Å². The average molecular weight is 308 g/mol. The Labute approximate surface area is 109 Å². The van der Waals surface area contributed by atoms with Gasteiger partial charge in [0.15, 0.2) is 0 Å². The minimum atomic E-state index is -0.587. The summed E-state index contributed by atoms with van der Waals surface area (Å²) in [6.45, 7) is 3.87. The maximum absolute atomic E-state index is 9.35. The van der Waals surface area contributed by atoms with Crippen LogP contribution < -0.4 is 5.32 Å². The van der Waals surface area contributed by atoms with Crippen LogP contribution in [0.25, 0.3) is 0 Å². The summed E-state index contributed by atoms with van der Waals surface area (Å²) in [5, 5.41) is 24.0. The van der Waals surface area contributed by atoms with Gasteiger partial charge < -0.3 is 10.2 Å². The second-order valence-electron chi connectivity index (χ2n) is 3.98. The van der Waals surface area contributed by atoms with Crippen LogP contribution in [0.1, 0.15) is 31.2 Å². The highest BCUT2D eigenvalue weighted by atomic mass is 79.9. The highest BCUT2D eigenvalue weighted by Gasteiger charge is 2.28. The van der Waals surface area contributed by atoms with Crippen LogP contribution in [0.4, 0.5) is 0 Å². The molecule has 92 valence electrons. The first-order chi connectivity index (χ1) is 7.56. The predicted molar refractivity (Wildman–Crippen MR) is 70.8 cm³/mol. The molecule has 0 aliphatic heterocycles. The number of aliphatic hydroxyl groups is 2. The van der Waals surface area contributed by atoms with Crippen LogP contribution in [-0.2, 0) is 0 Å². The van der Waals surface area contributed by atoms with Gasteiger partial charge in [-0.3, -0.25) is 5.32 Å². The average Bonchev–Trinajstić information content (AvgIpc) is 2.73. The largest absolute Gasteiger partial charge is 0.394 e. The standard InChI is InChI=1S/C11H18BrNO2S/c1-3-11(6-14,7-15)13-8(2)10-4-9(12)5-16-10/h4-5,8,13-15H,3,6-7H2,1-2H3. The molecule has 3 N–H and O–H groups in total. The molecule has 0 aliphatic carbocycles. The summed E-state index contributed by atoms with van der Waals surface area (Å²) in [4.78, 5) is 1.19. The van der Waals surface area contributed by atoms with E-state index in [-0.39, 0.29) is 19.3 Å². The molecule has 0 spiro atoms. The fourth-order valence-electron chi connectivity index (χ4n) is 1.55. The highest BCUT2D eigenvalue weighted by molar-refractivity contribution is 9.10. The molecule has 1 atom stereocenters. The van der Waals surface area contributed by atoms with Crippen molar-refractivity contribution < 1.29 is 10.2 Å². The number of halogens is 1. The van der Waals surface area contributed by atoms with Gasteiger partial charge in [-0.25, -0.2) is 0 Å². The van der Waals surface area contributed by atoms with E-state index >= 15 is 0 Å². The summed E-state index contributed by atoms with van der Waals surface area (Å²) in [5.74, 6) is 0. The van der Waals surface area contributed by atoms with Crippen LogP contribution in [0.3, 0.4) is 0 Å². The predicted octanol–water partition coefficient (Wildman–Crippen LogP) is 2.29. The van der Waals surface area contributed by atoms with E-state index in [1.54, 1.807) is 11.3 Å². The number of nitrogens with one attached hydrogen (secondary N) is 1. The lowest BCUT2D eigenvalue weighted by molar-refractivity contribution is 0.0796. The quantitative estimate of drug-likeness (QED) is 0.756. The molecule has 0 bridgehead atoms. The number of thiophene rings is 1. The molecule has 16 heavy (non-hydrogen) atoms. The Morgan fingerprint density at radius 3 is 2.50 bits per heavy atom. The molecular weight excluding hydrogens is 290 g/mol. The van der Waals surface area contributed by atoms with Gasteiger partial charge in [0.1, 0.15) is 0 Å². The van der Waals surface area contributed by atoms with Crippen molar-refractivity contribution in [3.63, 3.8) is 0 Å². The smallest absolute Gasteiger partial charge is 0.0650 e. The van der Waals surface area contributed by atoms with Crippen molar-refractivity contribution in [2.45, 2.75) is 31.8 Å². The minimum absolute atomic E-state index is 0.0586. The van der Waals surface area contributed by atoms with Crippen LogP contribution in [-0.4, -0.2) is 29.0 Å². The van der Waals surface area contributed by atoms with E-state index in [1.807, 2.05) is 19.2 Å². The SMILES string of the molecule is CCC(CO)(CO)NC(C)c1cc(Br)cs1. The molecule has 5 heteroatoms. The highest BCUT2D eigenvalue weighted by Crippen LogP contribution is 2.27. The zero-order valence-corrected chi connectivity index (χ0v) is 11.9. The maximum atomic E-state index is 9.35. The lowest BCUT2D eigenvalue weighted by Gasteiger charge is -2.33. The molecule has 0 saturated carbocycles. The van der Waals surface area contributed by atoms with Crippen molar-refractivity contribution in [2.75, 3.05) is 13.2 Å². The summed E-state index contributed by atoms with van der Waals surface area (Å²) >= 11 is 5.07. The Hall–Kier alpha value is 0.0600. The lowest BCUT2D eigenvalue weighted by Crippen LogP contribution is -2.51. The normalized spacial score (nSPS) is 14.1. The van der Waals surface area contributed by atoms with Gasteiger partial charge in [0.2, 0.25) is 0 Å². The van der Waals surface area contributed by atoms with E-state index in [4.69, 9.17) is 0 Å². The molecule has 0 amide bonds. The monoisotopic (exact) mass is 307 g/mol.